The zero-order valence-corrected chi connectivity index (χ0v) is 16.1. The SMILES string of the molecule is COc1ccc(-c2cc(C(F)(F)F)c(-n3cccn3)c(S(N)(=O)=O)c2)cc1OC. The van der Waals surface area contributed by atoms with E-state index in [1.54, 1.807) is 0 Å². The van der Waals surface area contributed by atoms with Crippen LogP contribution in [0.25, 0.3) is 16.8 Å². The lowest BCUT2D eigenvalue weighted by Gasteiger charge is -2.18. The number of sulfonamides is 1. The monoisotopic (exact) mass is 427 g/mol. The number of halogens is 3. The molecule has 0 unspecified atom stereocenters. The minimum atomic E-state index is -4.87. The molecule has 2 N–H and O–H groups in total. The van der Waals surface area contributed by atoms with Crippen LogP contribution >= 0.6 is 0 Å². The summed E-state index contributed by atoms with van der Waals surface area (Å²) in [6.07, 6.45) is -2.43. The van der Waals surface area contributed by atoms with Crippen LogP contribution in [-0.4, -0.2) is 32.4 Å². The van der Waals surface area contributed by atoms with Crippen LogP contribution in [0.3, 0.4) is 0 Å². The molecule has 0 radical (unpaired) electrons. The van der Waals surface area contributed by atoms with Crippen molar-refractivity contribution in [2.24, 2.45) is 5.14 Å². The van der Waals surface area contributed by atoms with E-state index in [0.717, 1.165) is 16.8 Å². The van der Waals surface area contributed by atoms with E-state index in [9.17, 15) is 21.6 Å². The van der Waals surface area contributed by atoms with Gasteiger partial charge in [0, 0.05) is 12.4 Å². The average Bonchev–Trinajstić information content (AvgIpc) is 3.19. The van der Waals surface area contributed by atoms with Gasteiger partial charge >= 0.3 is 6.18 Å². The third-order valence-electron chi connectivity index (χ3n) is 4.14. The third kappa shape index (κ3) is 4.05. The fourth-order valence-corrected chi connectivity index (χ4v) is 3.62. The number of benzene rings is 2. The molecule has 0 aliphatic carbocycles. The number of ether oxygens (including phenoxy) is 2. The summed E-state index contributed by atoms with van der Waals surface area (Å²) in [5, 5.41) is 8.99. The van der Waals surface area contributed by atoms with Gasteiger partial charge in [0.25, 0.3) is 0 Å². The maximum absolute atomic E-state index is 13.8. The Hall–Kier alpha value is -3.05. The molecule has 0 aliphatic rings. The Morgan fingerprint density at radius 3 is 2.24 bits per heavy atom. The lowest BCUT2D eigenvalue weighted by molar-refractivity contribution is -0.137. The van der Waals surface area contributed by atoms with Crippen molar-refractivity contribution >= 4 is 10.0 Å². The molecule has 0 fully saturated rings. The number of primary sulfonamides is 1. The second-order valence-corrected chi connectivity index (χ2v) is 7.46. The summed E-state index contributed by atoms with van der Waals surface area (Å²) < 4.78 is 77.0. The lowest BCUT2D eigenvalue weighted by Crippen LogP contribution is -2.20. The molecule has 0 saturated heterocycles. The topological polar surface area (TPSA) is 96.4 Å². The molecule has 0 amide bonds. The molecule has 2 aromatic carbocycles. The Balaban J connectivity index is 2.37. The van der Waals surface area contributed by atoms with E-state index in [0.29, 0.717) is 5.75 Å². The Morgan fingerprint density at radius 1 is 1.03 bits per heavy atom. The summed E-state index contributed by atoms with van der Waals surface area (Å²) in [4.78, 5) is -0.708. The van der Waals surface area contributed by atoms with E-state index in [4.69, 9.17) is 14.6 Å². The molecule has 29 heavy (non-hydrogen) atoms. The van der Waals surface area contributed by atoms with Crippen LogP contribution in [0.1, 0.15) is 5.56 Å². The predicted octanol–water partition coefficient (Wildman–Crippen LogP) is 3.22. The van der Waals surface area contributed by atoms with E-state index in [1.165, 1.54) is 50.9 Å². The first-order valence-corrected chi connectivity index (χ1v) is 9.61. The van der Waals surface area contributed by atoms with Gasteiger partial charge in [0.15, 0.2) is 11.5 Å². The first kappa shape index (κ1) is 20.7. The normalized spacial score (nSPS) is 12.1. The first-order valence-electron chi connectivity index (χ1n) is 8.06. The minimum absolute atomic E-state index is 0.0155. The maximum atomic E-state index is 13.8. The first-order chi connectivity index (χ1) is 13.6. The van der Waals surface area contributed by atoms with Gasteiger partial charge < -0.3 is 9.47 Å². The van der Waals surface area contributed by atoms with Crippen LogP contribution in [-0.2, 0) is 16.2 Å². The van der Waals surface area contributed by atoms with Gasteiger partial charge in [0.1, 0.15) is 4.90 Å². The highest BCUT2D eigenvalue weighted by Crippen LogP contribution is 2.41. The highest BCUT2D eigenvalue weighted by molar-refractivity contribution is 7.89. The van der Waals surface area contributed by atoms with Gasteiger partial charge in [-0.1, -0.05) is 6.07 Å². The predicted molar refractivity (Wildman–Crippen MR) is 98.5 cm³/mol. The number of methoxy groups -OCH3 is 2. The second-order valence-electron chi connectivity index (χ2n) is 5.93. The van der Waals surface area contributed by atoms with E-state index in [2.05, 4.69) is 5.10 Å². The summed E-state index contributed by atoms with van der Waals surface area (Å²) in [7, 11) is -1.73. The van der Waals surface area contributed by atoms with Crippen molar-refractivity contribution in [2.75, 3.05) is 14.2 Å². The smallest absolute Gasteiger partial charge is 0.418 e. The Morgan fingerprint density at radius 2 is 1.72 bits per heavy atom. The Labute approximate surface area is 164 Å². The second kappa shape index (κ2) is 7.41. The van der Waals surface area contributed by atoms with E-state index in [-0.39, 0.29) is 16.9 Å². The van der Waals surface area contributed by atoms with Crippen molar-refractivity contribution in [3.8, 4) is 28.3 Å². The van der Waals surface area contributed by atoms with Crippen molar-refractivity contribution in [1.29, 1.82) is 0 Å². The van der Waals surface area contributed by atoms with E-state index < -0.39 is 32.3 Å². The largest absolute Gasteiger partial charge is 0.493 e. The summed E-state index contributed by atoms with van der Waals surface area (Å²) in [5.74, 6) is 0.638. The van der Waals surface area contributed by atoms with Gasteiger partial charge in [0.05, 0.1) is 25.5 Å². The molecule has 0 saturated carbocycles. The van der Waals surface area contributed by atoms with Crippen LogP contribution in [0, 0.1) is 0 Å². The number of aromatic nitrogens is 2. The molecule has 1 aromatic heterocycles. The van der Waals surface area contributed by atoms with Crippen LogP contribution in [0.4, 0.5) is 13.2 Å². The highest BCUT2D eigenvalue weighted by atomic mass is 32.2. The fourth-order valence-electron chi connectivity index (χ4n) is 2.86. The number of hydrogen-bond donors (Lipinski definition) is 1. The zero-order valence-electron chi connectivity index (χ0n) is 15.3. The minimum Gasteiger partial charge on any atom is -0.493 e. The fraction of sp³-hybridized carbons (Fsp3) is 0.167. The molecule has 3 rings (SSSR count). The van der Waals surface area contributed by atoms with Crippen molar-refractivity contribution < 1.29 is 31.1 Å². The van der Waals surface area contributed by atoms with Crippen LogP contribution < -0.4 is 14.6 Å². The van der Waals surface area contributed by atoms with Gasteiger partial charge in [0.2, 0.25) is 10.0 Å². The van der Waals surface area contributed by atoms with Crippen LogP contribution in [0.2, 0.25) is 0 Å². The summed E-state index contributed by atoms with van der Waals surface area (Å²) in [6, 6.07) is 7.71. The van der Waals surface area contributed by atoms with Crippen molar-refractivity contribution in [3.05, 3.63) is 54.4 Å². The molecule has 11 heteroatoms. The quantitative estimate of drug-likeness (QED) is 0.675. The number of alkyl halides is 3. The molecule has 0 spiro atoms. The van der Waals surface area contributed by atoms with Crippen LogP contribution in [0.15, 0.2) is 53.7 Å². The molecular weight excluding hydrogens is 411 g/mol. The maximum Gasteiger partial charge on any atom is 0.418 e. The van der Waals surface area contributed by atoms with Crippen molar-refractivity contribution in [2.45, 2.75) is 11.1 Å². The highest BCUT2D eigenvalue weighted by Gasteiger charge is 2.38. The summed E-state index contributed by atoms with van der Waals surface area (Å²) in [5.41, 5.74) is -1.60. The number of nitrogens with two attached hydrogens (primary N) is 1. The van der Waals surface area contributed by atoms with Crippen LogP contribution in [0.5, 0.6) is 11.5 Å². The number of hydrogen-bond acceptors (Lipinski definition) is 5. The standard InChI is InChI=1S/C18H16F3N3O4S/c1-27-14-5-4-11(9-15(14)28-2)12-8-13(18(19,20)21)17(24-7-3-6-23-24)16(10-12)29(22,25)26/h3-10H,1-2H3,(H2,22,25,26). The molecule has 0 aliphatic heterocycles. The van der Waals surface area contributed by atoms with Gasteiger partial charge in [-0.15, -0.1) is 0 Å². The zero-order chi connectivity index (χ0) is 21.4. The molecule has 7 nitrogen and oxygen atoms in total. The van der Waals surface area contributed by atoms with E-state index >= 15 is 0 Å². The van der Waals surface area contributed by atoms with Gasteiger partial charge in [-0.3, -0.25) is 0 Å². The van der Waals surface area contributed by atoms with Gasteiger partial charge in [-0.05, 0) is 41.5 Å². The molecule has 0 atom stereocenters. The van der Waals surface area contributed by atoms with Crippen molar-refractivity contribution in [1.82, 2.24) is 9.78 Å². The average molecular weight is 427 g/mol. The summed E-state index contributed by atoms with van der Waals surface area (Å²) >= 11 is 0. The van der Waals surface area contributed by atoms with E-state index in [1.807, 2.05) is 0 Å². The van der Waals surface area contributed by atoms with Gasteiger partial charge in [-0.2, -0.15) is 18.3 Å². The van der Waals surface area contributed by atoms with Gasteiger partial charge in [-0.25, -0.2) is 18.2 Å². The molecule has 154 valence electrons. The number of rotatable bonds is 5. The Kier molecular flexibility index (Phi) is 5.28. The molecule has 1 heterocycles. The lowest BCUT2D eigenvalue weighted by atomic mass is 10.0. The Bertz CT molecular complexity index is 1140. The number of nitrogens with zero attached hydrogens (tertiary/aromatic N) is 2. The molecule has 3 aromatic rings. The summed E-state index contributed by atoms with van der Waals surface area (Å²) in [6.45, 7) is 0. The van der Waals surface area contributed by atoms with Crippen molar-refractivity contribution in [3.63, 3.8) is 0 Å². The molecule has 0 bridgehead atoms. The third-order valence-corrected chi connectivity index (χ3v) is 5.06. The molecular formula is C18H16F3N3O4S.